The molecule has 0 atom stereocenters. The molecule has 0 unspecified atom stereocenters. The minimum atomic E-state index is 0.211. The van der Waals surface area contributed by atoms with Crippen LogP contribution in [-0.4, -0.2) is 52.8 Å². The Morgan fingerprint density at radius 2 is 2.24 bits per heavy atom. The summed E-state index contributed by atoms with van der Waals surface area (Å²) in [7, 11) is 0. The Kier molecular flexibility index (Phi) is 4.83. The lowest BCUT2D eigenvalue weighted by Gasteiger charge is -2.17. The molecule has 1 aromatic carbocycles. The maximum Gasteiger partial charge on any atom is 0.0990 e. The molecule has 5 heteroatoms. The molecule has 0 saturated carbocycles. The van der Waals surface area contributed by atoms with E-state index in [0.717, 1.165) is 31.7 Å². The number of para-hydroxylation sites is 1. The lowest BCUT2D eigenvalue weighted by atomic mass is 10.2. The van der Waals surface area contributed by atoms with Gasteiger partial charge in [0.25, 0.3) is 0 Å². The van der Waals surface area contributed by atoms with Gasteiger partial charge in [-0.1, -0.05) is 18.2 Å². The number of hydrogen-bond acceptors (Lipinski definition) is 3. The molecule has 1 saturated heterocycles. The number of nitrogens with zero attached hydrogens (tertiary/aromatic N) is 2. The van der Waals surface area contributed by atoms with Crippen LogP contribution in [0.25, 0.3) is 10.9 Å². The lowest BCUT2D eigenvalue weighted by Crippen LogP contribution is -2.28. The first-order chi connectivity index (χ1) is 10.4. The van der Waals surface area contributed by atoms with E-state index in [2.05, 4.69) is 40.3 Å². The molecule has 1 aliphatic heterocycles. The smallest absolute Gasteiger partial charge is 0.0990 e. The highest BCUT2D eigenvalue weighted by atomic mass is 32.2. The molecule has 0 radical (unpaired) electrons. The number of aliphatic hydroxyl groups excluding tert-OH is 1. The van der Waals surface area contributed by atoms with E-state index in [1.807, 2.05) is 11.8 Å². The number of benzene rings is 1. The first kappa shape index (κ1) is 14.5. The molecule has 0 aliphatic carbocycles. The molecule has 21 heavy (non-hydrogen) atoms. The zero-order chi connectivity index (χ0) is 14.5. The van der Waals surface area contributed by atoms with Gasteiger partial charge in [0.15, 0.2) is 0 Å². The third-order valence-electron chi connectivity index (χ3n) is 3.76. The molecule has 2 aromatic rings. The van der Waals surface area contributed by atoms with E-state index in [9.17, 15) is 0 Å². The van der Waals surface area contributed by atoms with Crippen molar-refractivity contribution in [2.24, 2.45) is 4.99 Å². The van der Waals surface area contributed by atoms with E-state index >= 15 is 0 Å². The normalized spacial score (nSPS) is 17.2. The lowest BCUT2D eigenvalue weighted by molar-refractivity contribution is 0.256. The van der Waals surface area contributed by atoms with Crippen molar-refractivity contribution in [1.29, 1.82) is 0 Å². The predicted octanol–water partition coefficient (Wildman–Crippen LogP) is 2.75. The monoisotopic (exact) mass is 303 g/mol. The zero-order valence-corrected chi connectivity index (χ0v) is 12.9. The minimum absolute atomic E-state index is 0.211. The van der Waals surface area contributed by atoms with E-state index in [-0.39, 0.29) is 6.61 Å². The number of H-pyrrole nitrogens is 1. The number of aromatic amines is 1. The fourth-order valence-corrected chi connectivity index (χ4v) is 3.63. The number of fused-ring (bicyclic) bond motifs is 1. The van der Waals surface area contributed by atoms with Crippen molar-refractivity contribution in [3.8, 4) is 0 Å². The Labute approximate surface area is 129 Å². The van der Waals surface area contributed by atoms with E-state index in [0.29, 0.717) is 6.54 Å². The molecule has 2 heterocycles. The fourth-order valence-electron chi connectivity index (χ4n) is 2.75. The van der Waals surface area contributed by atoms with Crippen LogP contribution >= 0.6 is 11.8 Å². The molecule has 3 rings (SSSR count). The highest BCUT2D eigenvalue weighted by Gasteiger charge is 2.17. The summed E-state index contributed by atoms with van der Waals surface area (Å²) in [5, 5.41) is 10.3. The number of hydrogen-bond donors (Lipinski definition) is 2. The van der Waals surface area contributed by atoms with Crippen molar-refractivity contribution < 1.29 is 5.11 Å². The Bertz CT molecular complexity index is 623. The van der Waals surface area contributed by atoms with E-state index < -0.39 is 0 Å². The summed E-state index contributed by atoms with van der Waals surface area (Å²) in [5.41, 5.74) is 1.19. The number of aromatic nitrogens is 1. The quantitative estimate of drug-likeness (QED) is 0.637. The maximum absolute atomic E-state index is 9.04. The van der Waals surface area contributed by atoms with Crippen LogP contribution in [0.1, 0.15) is 12.8 Å². The van der Waals surface area contributed by atoms with Crippen molar-refractivity contribution in [2.75, 3.05) is 32.0 Å². The van der Waals surface area contributed by atoms with Crippen molar-refractivity contribution in [3.63, 3.8) is 0 Å². The van der Waals surface area contributed by atoms with Gasteiger partial charge in [-0.25, -0.2) is 0 Å². The van der Waals surface area contributed by atoms with E-state index in [4.69, 9.17) is 10.1 Å². The van der Waals surface area contributed by atoms with Crippen molar-refractivity contribution in [2.45, 2.75) is 17.7 Å². The van der Waals surface area contributed by atoms with Crippen LogP contribution < -0.4 is 0 Å². The summed E-state index contributed by atoms with van der Waals surface area (Å²) >= 11 is 1.85. The van der Waals surface area contributed by atoms with Gasteiger partial charge in [-0.3, -0.25) is 4.99 Å². The Balaban J connectivity index is 1.54. The second kappa shape index (κ2) is 7.00. The van der Waals surface area contributed by atoms with Gasteiger partial charge in [0.05, 0.1) is 19.0 Å². The summed E-state index contributed by atoms with van der Waals surface area (Å²) in [6.45, 7) is 2.80. The number of likely N-dealkylation sites (tertiary alicyclic amines) is 1. The van der Waals surface area contributed by atoms with Crippen LogP contribution in [0.2, 0.25) is 0 Å². The molecule has 0 amide bonds. The maximum atomic E-state index is 9.04. The fraction of sp³-hybridized carbons (Fsp3) is 0.438. The van der Waals surface area contributed by atoms with Crippen LogP contribution in [0.5, 0.6) is 0 Å². The van der Waals surface area contributed by atoms with Gasteiger partial charge in [-0.05, 0) is 12.5 Å². The topological polar surface area (TPSA) is 51.6 Å². The number of thioether (sulfide) groups is 1. The van der Waals surface area contributed by atoms with Gasteiger partial charge in [-0.15, -0.1) is 11.8 Å². The SMILES string of the molecule is OCCN1CCC/C1=N\CCSc1c[nH]c2ccccc12. The van der Waals surface area contributed by atoms with Crippen molar-refractivity contribution >= 4 is 28.5 Å². The van der Waals surface area contributed by atoms with Crippen molar-refractivity contribution in [1.82, 2.24) is 9.88 Å². The van der Waals surface area contributed by atoms with Crippen molar-refractivity contribution in [3.05, 3.63) is 30.5 Å². The Morgan fingerprint density at radius 1 is 1.33 bits per heavy atom. The van der Waals surface area contributed by atoms with Gasteiger partial charge in [0.1, 0.15) is 0 Å². The standard InChI is InChI=1S/C16H21N3OS/c20-10-9-19-8-3-6-16(19)17-7-11-21-15-12-18-14-5-2-1-4-13(14)15/h1-2,4-5,12,18,20H,3,6-11H2/b17-16+. The molecule has 1 aromatic heterocycles. The molecule has 112 valence electrons. The first-order valence-electron chi connectivity index (χ1n) is 7.46. The van der Waals surface area contributed by atoms with Crippen LogP contribution in [0.3, 0.4) is 0 Å². The zero-order valence-electron chi connectivity index (χ0n) is 12.1. The molecule has 0 spiro atoms. The minimum Gasteiger partial charge on any atom is -0.395 e. The molecular weight excluding hydrogens is 282 g/mol. The number of β-amino-alcohol motifs (C(OH)–C–C–N with tert-alkyl or cyclic N) is 1. The van der Waals surface area contributed by atoms with Crippen LogP contribution in [0.15, 0.2) is 40.4 Å². The van der Waals surface area contributed by atoms with E-state index in [1.54, 1.807) is 0 Å². The summed E-state index contributed by atoms with van der Waals surface area (Å²) in [6.07, 6.45) is 4.29. The molecule has 1 aliphatic rings. The third-order valence-corrected chi connectivity index (χ3v) is 4.79. The highest BCUT2D eigenvalue weighted by molar-refractivity contribution is 7.99. The molecule has 4 nitrogen and oxygen atoms in total. The summed E-state index contributed by atoms with van der Waals surface area (Å²) in [5.74, 6) is 2.15. The van der Waals surface area contributed by atoms with Crippen LogP contribution in [-0.2, 0) is 0 Å². The summed E-state index contributed by atoms with van der Waals surface area (Å²) < 4.78 is 0. The van der Waals surface area contributed by atoms with Gasteiger partial charge in [-0.2, -0.15) is 0 Å². The predicted molar refractivity (Wildman–Crippen MR) is 89.2 cm³/mol. The molecule has 2 N–H and O–H groups in total. The summed E-state index contributed by atoms with van der Waals surface area (Å²) in [6, 6.07) is 8.38. The van der Waals surface area contributed by atoms with Gasteiger partial charge in [0.2, 0.25) is 0 Å². The van der Waals surface area contributed by atoms with Gasteiger partial charge >= 0.3 is 0 Å². The Hall–Kier alpha value is -1.46. The van der Waals surface area contributed by atoms with Crippen LogP contribution in [0.4, 0.5) is 0 Å². The number of aliphatic imine (C=N–C) groups is 1. The Morgan fingerprint density at radius 3 is 3.14 bits per heavy atom. The van der Waals surface area contributed by atoms with E-state index in [1.165, 1.54) is 21.6 Å². The van der Waals surface area contributed by atoms with Crippen LogP contribution in [0, 0.1) is 0 Å². The second-order valence-corrected chi connectivity index (χ2v) is 6.30. The third kappa shape index (κ3) is 3.41. The molecule has 0 bridgehead atoms. The molecule has 1 fully saturated rings. The highest BCUT2D eigenvalue weighted by Crippen LogP contribution is 2.27. The number of nitrogens with one attached hydrogen (secondary N) is 1. The second-order valence-electron chi connectivity index (χ2n) is 5.16. The van der Waals surface area contributed by atoms with Gasteiger partial charge in [0, 0.05) is 47.3 Å². The average molecular weight is 303 g/mol. The first-order valence-corrected chi connectivity index (χ1v) is 8.45. The number of aliphatic hydroxyl groups is 1. The largest absolute Gasteiger partial charge is 0.395 e. The number of amidine groups is 1. The summed E-state index contributed by atoms with van der Waals surface area (Å²) in [4.78, 5) is 11.5. The van der Waals surface area contributed by atoms with Gasteiger partial charge < -0.3 is 15.0 Å². The number of rotatable bonds is 6. The average Bonchev–Trinajstić information content (AvgIpc) is 3.11. The molecular formula is C16H21N3OS.